The molecule has 0 aliphatic carbocycles. The highest BCUT2D eigenvalue weighted by Gasteiger charge is 2.16. The van der Waals surface area contributed by atoms with Crippen molar-refractivity contribution in [3.63, 3.8) is 0 Å². The van der Waals surface area contributed by atoms with Crippen molar-refractivity contribution in [3.05, 3.63) is 70.9 Å². The van der Waals surface area contributed by atoms with Crippen LogP contribution in [0.4, 0.5) is 4.39 Å². The lowest BCUT2D eigenvalue weighted by Gasteiger charge is -2.34. The lowest BCUT2D eigenvalue weighted by molar-refractivity contribution is 0.0747. The maximum atomic E-state index is 13.0. The van der Waals surface area contributed by atoms with Gasteiger partial charge in [-0.05, 0) is 52.6 Å². The molecular formula is C23H27FN2OS. The summed E-state index contributed by atoms with van der Waals surface area (Å²) in [5.74, 6) is -0.166. The van der Waals surface area contributed by atoms with Gasteiger partial charge in [0.2, 0.25) is 0 Å². The molecule has 3 aromatic rings. The molecule has 2 aromatic carbocycles. The number of benzene rings is 2. The molecule has 5 heteroatoms. The smallest absolute Gasteiger partial charge is 0.123 e. The van der Waals surface area contributed by atoms with Gasteiger partial charge in [-0.2, -0.15) is 0 Å². The van der Waals surface area contributed by atoms with Gasteiger partial charge in [0.25, 0.3) is 0 Å². The van der Waals surface area contributed by atoms with Gasteiger partial charge in [-0.3, -0.25) is 9.80 Å². The molecule has 2 heterocycles. The maximum Gasteiger partial charge on any atom is 0.123 e. The fourth-order valence-corrected chi connectivity index (χ4v) is 4.45. The van der Waals surface area contributed by atoms with E-state index in [1.165, 1.54) is 21.2 Å². The number of thiophene rings is 1. The molecule has 0 amide bonds. The van der Waals surface area contributed by atoms with E-state index in [-0.39, 0.29) is 5.82 Å². The summed E-state index contributed by atoms with van der Waals surface area (Å²) < 4.78 is 20.2. The van der Waals surface area contributed by atoms with Gasteiger partial charge >= 0.3 is 0 Å². The average Bonchev–Trinajstić information content (AvgIpc) is 3.19. The van der Waals surface area contributed by atoms with Crippen LogP contribution in [0.25, 0.3) is 10.1 Å². The molecule has 0 radical (unpaired) electrons. The normalized spacial score (nSPS) is 16.0. The number of ether oxygens (including phenoxy) is 1. The van der Waals surface area contributed by atoms with E-state index in [2.05, 4.69) is 39.4 Å². The highest BCUT2D eigenvalue weighted by molar-refractivity contribution is 7.17. The quantitative estimate of drug-likeness (QED) is 0.523. The van der Waals surface area contributed by atoms with Crippen molar-refractivity contribution in [2.75, 3.05) is 45.9 Å². The standard InChI is InChI=1S/C23H27FN2OS/c24-22-4-1-20(2-5-22)18-26-11-9-25(10-12-26)13-15-27-14-7-19-3-6-23-21(17-19)8-16-28-23/h1-6,8,16-17H,7,9-15,18H2. The first-order valence-corrected chi connectivity index (χ1v) is 10.9. The molecule has 1 saturated heterocycles. The van der Waals surface area contributed by atoms with Crippen molar-refractivity contribution in [2.45, 2.75) is 13.0 Å². The van der Waals surface area contributed by atoms with E-state index in [1.807, 2.05) is 12.1 Å². The van der Waals surface area contributed by atoms with E-state index in [9.17, 15) is 4.39 Å². The Bertz CT molecular complexity index is 872. The monoisotopic (exact) mass is 398 g/mol. The summed E-state index contributed by atoms with van der Waals surface area (Å²) in [6.45, 7) is 7.71. The van der Waals surface area contributed by atoms with Crippen molar-refractivity contribution in [1.29, 1.82) is 0 Å². The third-order valence-corrected chi connectivity index (χ3v) is 6.29. The second-order valence-corrected chi connectivity index (χ2v) is 8.35. The van der Waals surface area contributed by atoms with Crippen molar-refractivity contribution in [2.24, 2.45) is 0 Å². The molecule has 1 aliphatic rings. The van der Waals surface area contributed by atoms with Crippen molar-refractivity contribution in [1.82, 2.24) is 9.80 Å². The number of nitrogens with zero attached hydrogens (tertiary/aromatic N) is 2. The molecule has 28 heavy (non-hydrogen) atoms. The molecule has 0 spiro atoms. The van der Waals surface area contributed by atoms with E-state index in [4.69, 9.17) is 4.74 Å². The Morgan fingerprint density at radius 1 is 0.857 bits per heavy atom. The number of rotatable bonds is 8. The fourth-order valence-electron chi connectivity index (χ4n) is 3.68. The molecule has 1 fully saturated rings. The van der Waals surface area contributed by atoms with Crippen LogP contribution in [-0.4, -0.2) is 55.7 Å². The third-order valence-electron chi connectivity index (χ3n) is 5.39. The third kappa shape index (κ3) is 5.39. The number of halogens is 1. The lowest BCUT2D eigenvalue weighted by atomic mass is 10.1. The number of piperazine rings is 1. The van der Waals surface area contributed by atoms with E-state index in [1.54, 1.807) is 23.5 Å². The Labute approximate surface area is 170 Å². The van der Waals surface area contributed by atoms with Gasteiger partial charge in [0.1, 0.15) is 5.82 Å². The minimum absolute atomic E-state index is 0.166. The summed E-state index contributed by atoms with van der Waals surface area (Å²) in [6.07, 6.45) is 0.969. The molecule has 0 saturated carbocycles. The summed E-state index contributed by atoms with van der Waals surface area (Å²) in [5, 5.41) is 3.48. The van der Waals surface area contributed by atoms with Crippen molar-refractivity contribution in [3.8, 4) is 0 Å². The Kier molecular flexibility index (Phi) is 6.70. The summed E-state index contributed by atoms with van der Waals surface area (Å²) in [5.41, 5.74) is 2.53. The molecular weight excluding hydrogens is 371 g/mol. The lowest BCUT2D eigenvalue weighted by Crippen LogP contribution is -2.46. The second-order valence-electron chi connectivity index (χ2n) is 7.40. The molecule has 0 N–H and O–H groups in total. The minimum Gasteiger partial charge on any atom is -0.380 e. The Hall–Kier alpha value is -1.79. The largest absolute Gasteiger partial charge is 0.380 e. The first-order valence-electron chi connectivity index (χ1n) is 9.99. The first kappa shape index (κ1) is 19.5. The Morgan fingerprint density at radius 2 is 1.61 bits per heavy atom. The van der Waals surface area contributed by atoms with Crippen LogP contribution in [-0.2, 0) is 17.7 Å². The van der Waals surface area contributed by atoms with Crippen molar-refractivity contribution >= 4 is 21.4 Å². The molecule has 148 valence electrons. The first-order chi connectivity index (χ1) is 13.8. The zero-order chi connectivity index (χ0) is 19.2. The van der Waals surface area contributed by atoms with Gasteiger partial charge in [-0.15, -0.1) is 11.3 Å². The van der Waals surface area contributed by atoms with Crippen LogP contribution in [0.2, 0.25) is 0 Å². The molecule has 1 aromatic heterocycles. The molecule has 1 aliphatic heterocycles. The number of fused-ring (bicyclic) bond motifs is 1. The van der Waals surface area contributed by atoms with Gasteiger partial charge in [0, 0.05) is 44.0 Å². The Morgan fingerprint density at radius 3 is 2.43 bits per heavy atom. The number of hydrogen-bond acceptors (Lipinski definition) is 4. The second kappa shape index (κ2) is 9.61. The summed E-state index contributed by atoms with van der Waals surface area (Å²) in [4.78, 5) is 4.91. The van der Waals surface area contributed by atoms with Crippen LogP contribution in [0.15, 0.2) is 53.9 Å². The van der Waals surface area contributed by atoms with Gasteiger partial charge in [-0.1, -0.05) is 24.3 Å². The zero-order valence-corrected chi connectivity index (χ0v) is 17.0. The van der Waals surface area contributed by atoms with Gasteiger partial charge in [0.15, 0.2) is 0 Å². The minimum atomic E-state index is -0.166. The summed E-state index contributed by atoms with van der Waals surface area (Å²) in [7, 11) is 0. The maximum absolute atomic E-state index is 13.0. The molecule has 4 rings (SSSR count). The SMILES string of the molecule is Fc1ccc(CN2CCN(CCOCCc3ccc4sccc4c3)CC2)cc1. The predicted molar refractivity (Wildman–Crippen MR) is 114 cm³/mol. The van der Waals surface area contributed by atoms with Gasteiger partial charge < -0.3 is 4.74 Å². The Balaban J connectivity index is 1.10. The van der Waals surface area contributed by atoms with Crippen LogP contribution in [0.3, 0.4) is 0 Å². The number of hydrogen-bond donors (Lipinski definition) is 0. The average molecular weight is 399 g/mol. The van der Waals surface area contributed by atoms with E-state index >= 15 is 0 Å². The molecule has 0 unspecified atom stereocenters. The highest BCUT2D eigenvalue weighted by atomic mass is 32.1. The van der Waals surface area contributed by atoms with Crippen LogP contribution >= 0.6 is 11.3 Å². The van der Waals surface area contributed by atoms with Crippen LogP contribution in [0, 0.1) is 5.82 Å². The van der Waals surface area contributed by atoms with Gasteiger partial charge in [-0.25, -0.2) is 4.39 Å². The summed E-state index contributed by atoms with van der Waals surface area (Å²) in [6, 6.07) is 15.7. The molecule has 0 bridgehead atoms. The van der Waals surface area contributed by atoms with Crippen LogP contribution < -0.4 is 0 Å². The van der Waals surface area contributed by atoms with E-state index < -0.39 is 0 Å². The highest BCUT2D eigenvalue weighted by Crippen LogP contribution is 2.21. The molecule has 3 nitrogen and oxygen atoms in total. The topological polar surface area (TPSA) is 15.7 Å². The van der Waals surface area contributed by atoms with Crippen molar-refractivity contribution < 1.29 is 9.13 Å². The predicted octanol–water partition coefficient (Wildman–Crippen LogP) is 4.42. The molecule has 0 atom stereocenters. The fraction of sp³-hybridized carbons (Fsp3) is 0.391. The van der Waals surface area contributed by atoms with E-state index in [0.717, 1.165) is 58.9 Å². The zero-order valence-electron chi connectivity index (χ0n) is 16.1. The van der Waals surface area contributed by atoms with Crippen LogP contribution in [0.1, 0.15) is 11.1 Å². The summed E-state index contributed by atoms with van der Waals surface area (Å²) >= 11 is 1.79. The van der Waals surface area contributed by atoms with E-state index in [0.29, 0.717) is 0 Å². The van der Waals surface area contributed by atoms with Crippen LogP contribution in [0.5, 0.6) is 0 Å². The van der Waals surface area contributed by atoms with Gasteiger partial charge in [0.05, 0.1) is 13.2 Å².